The van der Waals surface area contributed by atoms with Crippen molar-refractivity contribution in [3.05, 3.63) is 52.8 Å². The third-order valence-electron chi connectivity index (χ3n) is 5.83. The van der Waals surface area contributed by atoms with Crippen LogP contribution in [-0.2, 0) is 23.7 Å². The van der Waals surface area contributed by atoms with E-state index in [4.69, 9.17) is 9.73 Å². The molecule has 2 aromatic rings. The second-order valence-corrected chi connectivity index (χ2v) is 7.58. The Labute approximate surface area is 168 Å². The Hall–Kier alpha value is -2.34. The van der Waals surface area contributed by atoms with Crippen LogP contribution < -0.4 is 10.6 Å². The van der Waals surface area contributed by atoms with Gasteiger partial charge in [0.15, 0.2) is 5.96 Å². The van der Waals surface area contributed by atoms with Gasteiger partial charge in [0.2, 0.25) is 0 Å². The van der Waals surface area contributed by atoms with Gasteiger partial charge in [0.25, 0.3) is 0 Å². The molecule has 6 heteroatoms. The van der Waals surface area contributed by atoms with Crippen molar-refractivity contribution in [1.82, 2.24) is 20.4 Å². The summed E-state index contributed by atoms with van der Waals surface area (Å²) in [7, 11) is 1.98. The maximum absolute atomic E-state index is 5.65. The van der Waals surface area contributed by atoms with E-state index in [0.717, 1.165) is 50.8 Å². The molecule has 0 spiro atoms. The summed E-state index contributed by atoms with van der Waals surface area (Å²) in [5.74, 6) is 0.854. The molecule has 0 amide bonds. The average Bonchev–Trinajstić information content (AvgIpc) is 2.97. The maximum Gasteiger partial charge on any atom is 0.191 e. The zero-order valence-electron chi connectivity index (χ0n) is 17.6. The van der Waals surface area contributed by atoms with Crippen LogP contribution in [0.5, 0.6) is 0 Å². The normalized spacial score (nSPS) is 16.8. The summed E-state index contributed by atoms with van der Waals surface area (Å²) in [4.78, 5) is 4.84. The molecule has 1 aliphatic rings. The third kappa shape index (κ3) is 4.55. The number of aromatic nitrogens is 2. The van der Waals surface area contributed by atoms with Gasteiger partial charge in [-0.05, 0) is 39.2 Å². The predicted octanol–water partition coefficient (Wildman–Crippen LogP) is 2.84. The number of aryl methyl sites for hydroxylation is 2. The highest BCUT2D eigenvalue weighted by atomic mass is 16.5. The number of nitrogens with zero attached hydrogens (tertiary/aromatic N) is 3. The standard InChI is InChI=1S/C22H33N5O/c1-5-23-21(24-15-20-17(2)26-27(4)18(20)3)25-16-22(11-13-28-14-12-22)19-9-7-6-8-10-19/h6-10H,5,11-16H2,1-4H3,(H2,23,24,25). The van der Waals surface area contributed by atoms with Crippen molar-refractivity contribution >= 4 is 5.96 Å². The summed E-state index contributed by atoms with van der Waals surface area (Å²) < 4.78 is 7.58. The number of rotatable bonds is 6. The molecule has 1 aromatic carbocycles. The lowest BCUT2D eigenvalue weighted by Crippen LogP contribution is -2.48. The second kappa shape index (κ2) is 9.24. The minimum atomic E-state index is 0.0792. The number of benzene rings is 1. The van der Waals surface area contributed by atoms with Gasteiger partial charge in [-0.1, -0.05) is 30.3 Å². The maximum atomic E-state index is 5.65. The molecular formula is C22H33N5O. The first kappa shape index (κ1) is 20.4. The highest BCUT2D eigenvalue weighted by Crippen LogP contribution is 2.34. The molecule has 0 saturated carbocycles. The van der Waals surface area contributed by atoms with E-state index in [-0.39, 0.29) is 5.41 Å². The molecule has 2 heterocycles. The van der Waals surface area contributed by atoms with Gasteiger partial charge < -0.3 is 15.4 Å². The zero-order chi connectivity index (χ0) is 20.0. The van der Waals surface area contributed by atoms with Crippen LogP contribution >= 0.6 is 0 Å². The number of nitrogens with one attached hydrogen (secondary N) is 2. The topological polar surface area (TPSA) is 63.5 Å². The minimum Gasteiger partial charge on any atom is -0.381 e. The molecule has 6 nitrogen and oxygen atoms in total. The van der Waals surface area contributed by atoms with Gasteiger partial charge in [0.05, 0.1) is 12.2 Å². The zero-order valence-corrected chi connectivity index (χ0v) is 17.6. The number of hydrogen-bond donors (Lipinski definition) is 2. The Morgan fingerprint density at radius 1 is 1.18 bits per heavy atom. The van der Waals surface area contributed by atoms with Crippen molar-refractivity contribution in [3.8, 4) is 0 Å². The Morgan fingerprint density at radius 3 is 2.50 bits per heavy atom. The number of ether oxygens (including phenoxy) is 1. The first-order valence-electron chi connectivity index (χ1n) is 10.2. The van der Waals surface area contributed by atoms with Crippen molar-refractivity contribution in [2.75, 3.05) is 26.3 Å². The number of guanidine groups is 1. The summed E-state index contributed by atoms with van der Waals surface area (Å²) in [5, 5.41) is 11.5. The van der Waals surface area contributed by atoms with Crippen LogP contribution in [-0.4, -0.2) is 42.0 Å². The van der Waals surface area contributed by atoms with Gasteiger partial charge in [-0.15, -0.1) is 0 Å². The smallest absolute Gasteiger partial charge is 0.191 e. The molecule has 2 N–H and O–H groups in total. The molecule has 1 fully saturated rings. The van der Waals surface area contributed by atoms with Crippen LogP contribution in [0.15, 0.2) is 35.3 Å². The molecule has 0 aliphatic carbocycles. The molecule has 152 valence electrons. The summed E-state index contributed by atoms with van der Waals surface area (Å²) in [6.45, 7) is 10.1. The van der Waals surface area contributed by atoms with Crippen molar-refractivity contribution in [1.29, 1.82) is 0 Å². The van der Waals surface area contributed by atoms with E-state index in [1.165, 1.54) is 16.8 Å². The van der Waals surface area contributed by atoms with E-state index in [0.29, 0.717) is 6.54 Å². The first-order chi connectivity index (χ1) is 13.6. The second-order valence-electron chi connectivity index (χ2n) is 7.58. The Kier molecular flexibility index (Phi) is 6.73. The molecule has 1 aliphatic heterocycles. The average molecular weight is 384 g/mol. The largest absolute Gasteiger partial charge is 0.381 e. The summed E-state index contributed by atoms with van der Waals surface area (Å²) >= 11 is 0. The molecule has 0 bridgehead atoms. The summed E-state index contributed by atoms with van der Waals surface area (Å²) in [6, 6.07) is 10.8. The van der Waals surface area contributed by atoms with Gasteiger partial charge in [-0.25, -0.2) is 4.99 Å². The van der Waals surface area contributed by atoms with E-state index in [1.807, 2.05) is 18.7 Å². The van der Waals surface area contributed by atoms with Crippen molar-refractivity contribution in [3.63, 3.8) is 0 Å². The molecule has 0 radical (unpaired) electrons. The molecule has 0 unspecified atom stereocenters. The van der Waals surface area contributed by atoms with Gasteiger partial charge >= 0.3 is 0 Å². The molecule has 28 heavy (non-hydrogen) atoms. The number of aliphatic imine (C=N–C) groups is 1. The predicted molar refractivity (Wildman–Crippen MR) is 114 cm³/mol. The Morgan fingerprint density at radius 2 is 1.89 bits per heavy atom. The monoisotopic (exact) mass is 383 g/mol. The molecule has 1 aromatic heterocycles. The van der Waals surface area contributed by atoms with Gasteiger partial charge in [-0.3, -0.25) is 4.68 Å². The Balaban J connectivity index is 1.75. The van der Waals surface area contributed by atoms with Crippen molar-refractivity contribution in [2.24, 2.45) is 12.0 Å². The van der Waals surface area contributed by atoms with Crippen LogP contribution in [0.4, 0.5) is 0 Å². The first-order valence-corrected chi connectivity index (χ1v) is 10.2. The highest BCUT2D eigenvalue weighted by molar-refractivity contribution is 5.79. The Bertz CT molecular complexity index is 791. The van der Waals surface area contributed by atoms with Crippen LogP contribution in [0.2, 0.25) is 0 Å². The molecule has 3 rings (SSSR count). The van der Waals surface area contributed by atoms with Crippen LogP contribution in [0.3, 0.4) is 0 Å². The molecular weight excluding hydrogens is 350 g/mol. The van der Waals surface area contributed by atoms with Gasteiger partial charge in [0.1, 0.15) is 0 Å². The number of hydrogen-bond acceptors (Lipinski definition) is 3. The molecule has 1 saturated heterocycles. The van der Waals surface area contributed by atoms with Gasteiger partial charge in [-0.2, -0.15) is 5.10 Å². The molecule has 0 atom stereocenters. The minimum absolute atomic E-state index is 0.0792. The quantitative estimate of drug-likeness (QED) is 0.595. The third-order valence-corrected chi connectivity index (χ3v) is 5.83. The SMILES string of the molecule is CCNC(=NCc1c(C)nn(C)c1C)NCC1(c2ccccc2)CCOCC1. The van der Waals surface area contributed by atoms with E-state index in [1.54, 1.807) is 0 Å². The fraction of sp³-hybridized carbons (Fsp3) is 0.545. The van der Waals surface area contributed by atoms with E-state index < -0.39 is 0 Å². The fourth-order valence-corrected chi connectivity index (χ4v) is 3.92. The van der Waals surface area contributed by atoms with E-state index in [2.05, 4.69) is 59.9 Å². The van der Waals surface area contributed by atoms with Crippen molar-refractivity contribution in [2.45, 2.75) is 45.6 Å². The highest BCUT2D eigenvalue weighted by Gasteiger charge is 2.34. The lowest BCUT2D eigenvalue weighted by Gasteiger charge is -2.38. The van der Waals surface area contributed by atoms with E-state index >= 15 is 0 Å². The lowest BCUT2D eigenvalue weighted by molar-refractivity contribution is 0.0514. The van der Waals surface area contributed by atoms with Crippen LogP contribution in [0.25, 0.3) is 0 Å². The summed E-state index contributed by atoms with van der Waals surface area (Å²) in [5.41, 5.74) is 4.87. The fourth-order valence-electron chi connectivity index (χ4n) is 3.92. The van der Waals surface area contributed by atoms with Crippen molar-refractivity contribution < 1.29 is 4.74 Å². The lowest BCUT2D eigenvalue weighted by atomic mass is 9.74. The summed E-state index contributed by atoms with van der Waals surface area (Å²) in [6.07, 6.45) is 2.04. The van der Waals surface area contributed by atoms with E-state index in [9.17, 15) is 0 Å². The van der Waals surface area contributed by atoms with Crippen LogP contribution in [0.1, 0.15) is 42.3 Å². The van der Waals surface area contributed by atoms with Crippen LogP contribution in [0, 0.1) is 13.8 Å². The van der Waals surface area contributed by atoms with Gasteiger partial charge in [0, 0.05) is 50.0 Å².